The SMILES string of the molecule is C=CCNC(=O)CN1CCN(C(C)C(=O)Nc2cc(Cl)ccc2Cl)CC1. The monoisotopic (exact) mass is 398 g/mol. The van der Waals surface area contributed by atoms with Crippen molar-refractivity contribution < 1.29 is 9.59 Å². The van der Waals surface area contributed by atoms with Gasteiger partial charge in [-0.2, -0.15) is 0 Å². The van der Waals surface area contributed by atoms with Crippen molar-refractivity contribution in [1.82, 2.24) is 15.1 Å². The van der Waals surface area contributed by atoms with Crippen LogP contribution in [0.2, 0.25) is 10.0 Å². The van der Waals surface area contributed by atoms with Gasteiger partial charge in [0.2, 0.25) is 11.8 Å². The van der Waals surface area contributed by atoms with Crippen molar-refractivity contribution in [2.45, 2.75) is 13.0 Å². The molecule has 0 aromatic heterocycles. The maximum absolute atomic E-state index is 12.5. The van der Waals surface area contributed by atoms with Gasteiger partial charge < -0.3 is 10.6 Å². The molecule has 8 heteroatoms. The van der Waals surface area contributed by atoms with Gasteiger partial charge >= 0.3 is 0 Å². The van der Waals surface area contributed by atoms with E-state index < -0.39 is 0 Å². The molecule has 1 aliphatic heterocycles. The summed E-state index contributed by atoms with van der Waals surface area (Å²) in [6.45, 7) is 9.17. The van der Waals surface area contributed by atoms with Crippen molar-refractivity contribution in [3.8, 4) is 0 Å². The molecule has 1 unspecified atom stereocenters. The van der Waals surface area contributed by atoms with Gasteiger partial charge in [-0.05, 0) is 25.1 Å². The third-order valence-corrected chi connectivity index (χ3v) is 4.90. The first-order chi connectivity index (χ1) is 12.4. The minimum absolute atomic E-state index is 0.0141. The Morgan fingerprint density at radius 1 is 1.27 bits per heavy atom. The number of carbonyl (C=O) groups is 2. The van der Waals surface area contributed by atoms with Crippen molar-refractivity contribution in [2.24, 2.45) is 0 Å². The predicted molar refractivity (Wildman–Crippen MR) is 106 cm³/mol. The molecule has 142 valence electrons. The minimum Gasteiger partial charge on any atom is -0.352 e. The Morgan fingerprint density at radius 3 is 2.62 bits per heavy atom. The molecule has 2 N–H and O–H groups in total. The average molecular weight is 399 g/mol. The molecule has 1 fully saturated rings. The number of halogens is 2. The highest BCUT2D eigenvalue weighted by molar-refractivity contribution is 6.35. The molecular formula is C18H24Cl2N4O2. The second-order valence-electron chi connectivity index (χ2n) is 6.19. The molecule has 2 rings (SSSR count). The zero-order valence-electron chi connectivity index (χ0n) is 14.8. The van der Waals surface area contributed by atoms with Crippen molar-refractivity contribution in [1.29, 1.82) is 0 Å². The van der Waals surface area contributed by atoms with E-state index in [2.05, 4.69) is 27.0 Å². The molecule has 0 bridgehead atoms. The number of piperazine rings is 1. The molecule has 26 heavy (non-hydrogen) atoms. The summed E-state index contributed by atoms with van der Waals surface area (Å²) < 4.78 is 0. The number of carbonyl (C=O) groups excluding carboxylic acids is 2. The molecule has 1 aromatic rings. The third kappa shape index (κ3) is 5.99. The lowest BCUT2D eigenvalue weighted by Crippen LogP contribution is -2.54. The summed E-state index contributed by atoms with van der Waals surface area (Å²) in [5.74, 6) is -0.147. The molecule has 1 saturated heterocycles. The lowest BCUT2D eigenvalue weighted by Gasteiger charge is -2.37. The van der Waals surface area contributed by atoms with Crippen molar-refractivity contribution in [2.75, 3.05) is 44.6 Å². The second-order valence-corrected chi connectivity index (χ2v) is 7.04. The second kappa shape index (κ2) is 9.92. The molecule has 1 atom stereocenters. The van der Waals surface area contributed by atoms with Gasteiger partial charge in [-0.25, -0.2) is 0 Å². The van der Waals surface area contributed by atoms with Crippen molar-refractivity contribution in [3.63, 3.8) is 0 Å². The normalized spacial score (nSPS) is 16.7. The summed E-state index contributed by atoms with van der Waals surface area (Å²) >= 11 is 12.1. The standard InChI is InChI=1S/C18H24Cl2N4O2/c1-3-6-21-17(25)12-23-7-9-24(10-8-23)13(2)18(26)22-16-11-14(19)4-5-15(16)20/h3-5,11,13H,1,6-10,12H2,2H3,(H,21,25)(H,22,26). The van der Waals surface area contributed by atoms with Crippen LogP contribution in [0.15, 0.2) is 30.9 Å². The van der Waals surface area contributed by atoms with Crippen LogP contribution in [0.1, 0.15) is 6.92 Å². The summed E-state index contributed by atoms with van der Waals surface area (Å²) in [5, 5.41) is 6.56. The van der Waals surface area contributed by atoms with E-state index in [0.717, 1.165) is 13.1 Å². The number of hydrogen-bond donors (Lipinski definition) is 2. The number of hydrogen-bond acceptors (Lipinski definition) is 4. The highest BCUT2D eigenvalue weighted by atomic mass is 35.5. The number of anilines is 1. The number of rotatable bonds is 7. The zero-order chi connectivity index (χ0) is 19.1. The van der Waals surface area contributed by atoms with Gasteiger partial charge in [-0.3, -0.25) is 19.4 Å². The molecule has 0 radical (unpaired) electrons. The summed E-state index contributed by atoms with van der Waals surface area (Å²) in [6, 6.07) is 4.66. The molecule has 1 aromatic carbocycles. The quantitative estimate of drug-likeness (QED) is 0.691. The average Bonchev–Trinajstić information content (AvgIpc) is 2.63. The van der Waals surface area contributed by atoms with Gasteiger partial charge in [0.15, 0.2) is 0 Å². The fourth-order valence-corrected chi connectivity index (χ4v) is 3.09. The largest absolute Gasteiger partial charge is 0.352 e. The van der Waals surface area contributed by atoms with E-state index in [1.165, 1.54) is 0 Å². The van der Waals surface area contributed by atoms with Crippen LogP contribution in [-0.2, 0) is 9.59 Å². The Hall–Kier alpha value is -1.60. The highest BCUT2D eigenvalue weighted by Gasteiger charge is 2.26. The fraction of sp³-hybridized carbons (Fsp3) is 0.444. The van der Waals surface area contributed by atoms with Crippen molar-refractivity contribution >= 4 is 40.7 Å². The van der Waals surface area contributed by atoms with Crippen LogP contribution in [0.25, 0.3) is 0 Å². The van der Waals surface area contributed by atoms with E-state index in [9.17, 15) is 9.59 Å². The maximum Gasteiger partial charge on any atom is 0.241 e. The molecule has 0 spiro atoms. The van der Waals surface area contributed by atoms with E-state index in [1.807, 2.05) is 6.92 Å². The summed E-state index contributed by atoms with van der Waals surface area (Å²) in [4.78, 5) is 28.4. The van der Waals surface area contributed by atoms with Crippen molar-refractivity contribution in [3.05, 3.63) is 40.9 Å². The molecule has 1 heterocycles. The molecule has 0 saturated carbocycles. The van der Waals surface area contributed by atoms with Crippen LogP contribution in [0.4, 0.5) is 5.69 Å². The maximum atomic E-state index is 12.5. The van der Waals surface area contributed by atoms with Crippen LogP contribution in [0, 0.1) is 0 Å². The molecule has 2 amide bonds. The summed E-state index contributed by atoms with van der Waals surface area (Å²) in [7, 11) is 0. The van der Waals surface area contributed by atoms with E-state index >= 15 is 0 Å². The van der Waals surface area contributed by atoms with Crippen LogP contribution < -0.4 is 10.6 Å². The van der Waals surface area contributed by atoms with Crippen LogP contribution in [0.5, 0.6) is 0 Å². The minimum atomic E-state index is -0.304. The van der Waals surface area contributed by atoms with Gasteiger partial charge in [0, 0.05) is 37.7 Å². The number of nitrogens with zero attached hydrogens (tertiary/aromatic N) is 2. The first-order valence-electron chi connectivity index (χ1n) is 8.50. The van der Waals surface area contributed by atoms with Crippen LogP contribution in [0.3, 0.4) is 0 Å². The fourth-order valence-electron chi connectivity index (χ4n) is 2.75. The number of amides is 2. The summed E-state index contributed by atoms with van der Waals surface area (Å²) in [6.07, 6.45) is 1.66. The molecular weight excluding hydrogens is 375 g/mol. The van der Waals surface area contributed by atoms with Crippen LogP contribution in [-0.4, -0.2) is 66.9 Å². The van der Waals surface area contributed by atoms with E-state index in [1.54, 1.807) is 24.3 Å². The first kappa shape index (κ1) is 20.7. The number of benzene rings is 1. The first-order valence-corrected chi connectivity index (χ1v) is 9.26. The van der Waals surface area contributed by atoms with Gasteiger partial charge in [0.1, 0.15) is 0 Å². The van der Waals surface area contributed by atoms with Gasteiger partial charge in [0.05, 0.1) is 23.3 Å². The Labute approximate surface area is 164 Å². The molecule has 0 aliphatic carbocycles. The summed E-state index contributed by atoms with van der Waals surface area (Å²) in [5.41, 5.74) is 0.508. The lowest BCUT2D eigenvalue weighted by atomic mass is 10.2. The highest BCUT2D eigenvalue weighted by Crippen LogP contribution is 2.25. The van der Waals surface area contributed by atoms with Gasteiger partial charge in [-0.15, -0.1) is 6.58 Å². The zero-order valence-corrected chi connectivity index (χ0v) is 16.3. The topological polar surface area (TPSA) is 64.7 Å². The van der Waals surface area contributed by atoms with E-state index in [4.69, 9.17) is 23.2 Å². The van der Waals surface area contributed by atoms with E-state index in [0.29, 0.717) is 41.9 Å². The molecule has 6 nitrogen and oxygen atoms in total. The molecule has 1 aliphatic rings. The Balaban J connectivity index is 1.82. The van der Waals surface area contributed by atoms with Gasteiger partial charge in [-0.1, -0.05) is 29.3 Å². The predicted octanol–water partition coefficient (Wildman–Crippen LogP) is 2.24. The number of nitrogens with one attached hydrogen (secondary N) is 2. The smallest absolute Gasteiger partial charge is 0.241 e. The Bertz CT molecular complexity index is 661. The van der Waals surface area contributed by atoms with Gasteiger partial charge in [0.25, 0.3) is 0 Å². The van der Waals surface area contributed by atoms with Crippen LogP contribution >= 0.6 is 23.2 Å². The Kier molecular flexibility index (Phi) is 7.90. The van der Waals surface area contributed by atoms with E-state index in [-0.39, 0.29) is 17.9 Å². The lowest BCUT2D eigenvalue weighted by molar-refractivity contribution is -0.124. The Morgan fingerprint density at radius 2 is 1.96 bits per heavy atom. The third-order valence-electron chi connectivity index (χ3n) is 4.33.